The van der Waals surface area contributed by atoms with E-state index in [0.717, 1.165) is 33.5 Å². The number of rotatable bonds is 4. The van der Waals surface area contributed by atoms with Gasteiger partial charge in [-0.2, -0.15) is 0 Å². The fourth-order valence-electron chi connectivity index (χ4n) is 3.57. The lowest BCUT2D eigenvalue weighted by molar-refractivity contribution is -0.125. The maximum Gasteiger partial charge on any atom is 0.281 e. The molecule has 2 aromatic rings. The first-order valence-corrected chi connectivity index (χ1v) is 7.96. The van der Waals surface area contributed by atoms with Crippen LogP contribution in [0.15, 0.2) is 30.6 Å². The lowest BCUT2D eigenvalue weighted by atomic mass is 9.94. The number of carbonyl (C=O) groups is 1. The highest BCUT2D eigenvalue weighted by Crippen LogP contribution is 2.40. The Morgan fingerprint density at radius 2 is 1.67 bits per heavy atom. The van der Waals surface area contributed by atoms with Gasteiger partial charge in [0.1, 0.15) is 0 Å². The Hall–Kier alpha value is -2.28. The normalized spacial score (nSPS) is 15.7. The summed E-state index contributed by atoms with van der Waals surface area (Å²) >= 11 is 0. The molecule has 0 saturated carbocycles. The quantitative estimate of drug-likeness (QED) is 0.742. The van der Waals surface area contributed by atoms with E-state index in [1.165, 1.54) is 0 Å². The molecule has 0 atom stereocenters. The summed E-state index contributed by atoms with van der Waals surface area (Å²) in [5, 5.41) is 7.84. The van der Waals surface area contributed by atoms with Crippen molar-refractivity contribution in [2.75, 3.05) is 26.2 Å². The molecule has 6 nitrogen and oxygen atoms in total. The summed E-state index contributed by atoms with van der Waals surface area (Å²) in [6.07, 6.45) is 3.73. The predicted molar refractivity (Wildman–Crippen MR) is 95.5 cm³/mol. The number of aryl methyl sites for hydroxylation is 2. The number of fused-ring (bicyclic) bond motifs is 1. The smallest absolute Gasteiger partial charge is 0.281 e. The number of benzene rings is 1. The van der Waals surface area contributed by atoms with Crippen molar-refractivity contribution in [3.63, 3.8) is 0 Å². The number of aromatic nitrogens is 1. The van der Waals surface area contributed by atoms with Gasteiger partial charge in [-0.05, 0) is 56.3 Å². The van der Waals surface area contributed by atoms with Crippen LogP contribution >= 0.6 is 0 Å². The molecular formula is C18H23N5O. The Morgan fingerprint density at radius 1 is 1.04 bits per heavy atom. The molecule has 24 heavy (non-hydrogen) atoms. The molecule has 0 spiro atoms. The molecule has 0 saturated heterocycles. The molecule has 1 aliphatic heterocycles. The number of nitrogens with one attached hydrogen (secondary N) is 3. The third-order valence-electron chi connectivity index (χ3n) is 4.75. The number of anilines is 1. The largest absolute Gasteiger partial charge is 0.291 e. The Balaban J connectivity index is 2.22. The Labute approximate surface area is 142 Å². The number of hydrogen-bond donors (Lipinski definition) is 3. The highest BCUT2D eigenvalue weighted by Gasteiger charge is 2.49. The van der Waals surface area contributed by atoms with Gasteiger partial charge in [-0.25, -0.2) is 10.4 Å². The van der Waals surface area contributed by atoms with Gasteiger partial charge in [0, 0.05) is 25.0 Å². The maximum absolute atomic E-state index is 12.9. The van der Waals surface area contributed by atoms with Gasteiger partial charge in [0.2, 0.25) is 0 Å². The molecule has 2 heterocycles. The van der Waals surface area contributed by atoms with E-state index in [2.05, 4.69) is 47.0 Å². The summed E-state index contributed by atoms with van der Waals surface area (Å²) in [5.41, 5.74) is 8.28. The fourth-order valence-corrected chi connectivity index (χ4v) is 3.57. The monoisotopic (exact) mass is 325 g/mol. The number of carbonyl (C=O) groups excluding carboxylic acids is 1. The van der Waals surface area contributed by atoms with Crippen molar-refractivity contribution in [1.29, 1.82) is 0 Å². The minimum Gasteiger partial charge on any atom is -0.291 e. The zero-order chi connectivity index (χ0) is 17.5. The number of hydrogen-bond acceptors (Lipinski definition) is 5. The Morgan fingerprint density at radius 3 is 2.21 bits per heavy atom. The van der Waals surface area contributed by atoms with E-state index < -0.39 is 5.66 Å². The van der Waals surface area contributed by atoms with Crippen LogP contribution in [0.3, 0.4) is 0 Å². The van der Waals surface area contributed by atoms with Crippen molar-refractivity contribution in [2.24, 2.45) is 0 Å². The minimum absolute atomic E-state index is 0.0784. The highest BCUT2D eigenvalue weighted by atomic mass is 16.2. The Bertz CT molecular complexity index is 778. The van der Waals surface area contributed by atoms with Crippen LogP contribution in [0.4, 0.5) is 5.69 Å². The van der Waals surface area contributed by atoms with Crippen molar-refractivity contribution < 1.29 is 4.79 Å². The zero-order valence-electron chi connectivity index (χ0n) is 14.7. The summed E-state index contributed by atoms with van der Waals surface area (Å²) in [5.74, 6) is -0.0784. The summed E-state index contributed by atoms with van der Waals surface area (Å²) in [4.78, 5) is 17.1. The first-order valence-electron chi connectivity index (χ1n) is 7.96. The average Bonchev–Trinajstić information content (AvgIpc) is 2.82. The standard InChI is InChI=1S/C18H23N5O/c1-11-9-22-10-12(2)16(11)13-6-7-14-15(8-13)23(21-5)17(24)18(14,19-3)20-4/h6-10,19-21H,1-5H3. The molecule has 1 aromatic carbocycles. The molecule has 0 unspecified atom stereocenters. The maximum atomic E-state index is 12.9. The molecule has 1 amide bonds. The number of likely N-dealkylation sites (N-methyl/N-ethyl adjacent to an activating group) is 2. The number of amides is 1. The molecule has 0 radical (unpaired) electrons. The lowest BCUT2D eigenvalue weighted by Crippen LogP contribution is -2.59. The van der Waals surface area contributed by atoms with Crippen LogP contribution in [0.1, 0.15) is 16.7 Å². The second-order valence-corrected chi connectivity index (χ2v) is 5.99. The van der Waals surface area contributed by atoms with Crippen LogP contribution in [-0.2, 0) is 10.5 Å². The van der Waals surface area contributed by atoms with Gasteiger partial charge >= 0.3 is 0 Å². The first-order chi connectivity index (χ1) is 11.5. The SMILES string of the molecule is CNN1C(=O)C(NC)(NC)c2ccc(-c3c(C)cncc3C)cc21. The highest BCUT2D eigenvalue weighted by molar-refractivity contribution is 6.07. The third kappa shape index (κ3) is 2.15. The molecule has 1 aromatic heterocycles. The van der Waals surface area contributed by atoms with Crippen LogP contribution in [0, 0.1) is 13.8 Å². The number of nitrogens with zero attached hydrogens (tertiary/aromatic N) is 2. The summed E-state index contributed by atoms with van der Waals surface area (Å²) in [6.45, 7) is 4.10. The molecule has 3 rings (SSSR count). The van der Waals surface area contributed by atoms with Crippen LogP contribution in [0.25, 0.3) is 11.1 Å². The average molecular weight is 325 g/mol. The van der Waals surface area contributed by atoms with Crippen molar-refractivity contribution in [1.82, 2.24) is 21.0 Å². The van der Waals surface area contributed by atoms with Crippen molar-refractivity contribution in [2.45, 2.75) is 19.5 Å². The fraction of sp³-hybridized carbons (Fsp3) is 0.333. The summed E-state index contributed by atoms with van der Waals surface area (Å²) < 4.78 is 0. The minimum atomic E-state index is -0.917. The summed E-state index contributed by atoms with van der Waals surface area (Å²) in [7, 11) is 5.31. The van der Waals surface area contributed by atoms with Gasteiger partial charge in [0.05, 0.1) is 5.69 Å². The molecule has 3 N–H and O–H groups in total. The van der Waals surface area contributed by atoms with Crippen molar-refractivity contribution >= 4 is 11.6 Å². The van der Waals surface area contributed by atoms with E-state index in [9.17, 15) is 4.79 Å². The van der Waals surface area contributed by atoms with E-state index in [0.29, 0.717) is 0 Å². The van der Waals surface area contributed by atoms with Crippen LogP contribution < -0.4 is 21.1 Å². The van der Waals surface area contributed by atoms with Gasteiger partial charge < -0.3 is 0 Å². The molecule has 1 aliphatic rings. The molecule has 126 valence electrons. The van der Waals surface area contributed by atoms with Gasteiger partial charge in [-0.3, -0.25) is 20.4 Å². The van der Waals surface area contributed by atoms with Gasteiger partial charge in [0.15, 0.2) is 5.66 Å². The van der Waals surface area contributed by atoms with E-state index >= 15 is 0 Å². The second kappa shape index (κ2) is 5.98. The number of pyridine rings is 1. The predicted octanol–water partition coefficient (Wildman–Crippen LogP) is 1.44. The molecular weight excluding hydrogens is 302 g/mol. The molecule has 0 fully saturated rings. The van der Waals surface area contributed by atoms with E-state index in [4.69, 9.17) is 0 Å². The molecule has 0 aliphatic carbocycles. The summed E-state index contributed by atoms with van der Waals surface area (Å²) in [6, 6.07) is 6.12. The van der Waals surface area contributed by atoms with Crippen molar-refractivity contribution in [3.05, 3.63) is 47.3 Å². The Kier molecular flexibility index (Phi) is 4.13. The zero-order valence-corrected chi connectivity index (χ0v) is 14.7. The van der Waals surface area contributed by atoms with Gasteiger partial charge in [-0.1, -0.05) is 12.1 Å². The van der Waals surface area contributed by atoms with Gasteiger partial charge in [0.25, 0.3) is 5.91 Å². The first kappa shape index (κ1) is 16.6. The topological polar surface area (TPSA) is 69.3 Å². The van der Waals surface area contributed by atoms with Crippen molar-refractivity contribution in [3.8, 4) is 11.1 Å². The second-order valence-electron chi connectivity index (χ2n) is 5.99. The molecule has 6 heteroatoms. The van der Waals surface area contributed by atoms with Crippen LogP contribution in [-0.4, -0.2) is 32.0 Å². The van der Waals surface area contributed by atoms with Gasteiger partial charge in [-0.15, -0.1) is 0 Å². The molecule has 0 bridgehead atoms. The van der Waals surface area contributed by atoms with E-state index in [1.807, 2.05) is 18.5 Å². The van der Waals surface area contributed by atoms with E-state index in [-0.39, 0.29) is 5.91 Å². The van der Waals surface area contributed by atoms with Crippen LogP contribution in [0.2, 0.25) is 0 Å². The lowest BCUT2D eigenvalue weighted by Gasteiger charge is -2.27. The number of hydrazine groups is 1. The van der Waals surface area contributed by atoms with Crippen LogP contribution in [0.5, 0.6) is 0 Å². The third-order valence-corrected chi connectivity index (χ3v) is 4.75. The van der Waals surface area contributed by atoms with E-state index in [1.54, 1.807) is 26.2 Å².